The molecule has 17 heavy (non-hydrogen) atoms. The maximum Gasteiger partial charge on any atom is 0.165 e. The van der Waals surface area contributed by atoms with Crippen LogP contribution in [0.5, 0.6) is 0 Å². The first-order valence-electron chi connectivity index (χ1n) is 6.88. The summed E-state index contributed by atoms with van der Waals surface area (Å²) in [5.41, 5.74) is 2.09. The second-order valence-electron chi connectivity index (χ2n) is 5.28. The Labute approximate surface area is 104 Å². The van der Waals surface area contributed by atoms with Crippen LogP contribution in [-0.2, 0) is 0 Å². The van der Waals surface area contributed by atoms with Crippen LogP contribution >= 0.6 is 0 Å². The summed E-state index contributed by atoms with van der Waals surface area (Å²) >= 11 is 0. The molecule has 0 bridgehead atoms. The van der Waals surface area contributed by atoms with Gasteiger partial charge in [0.05, 0.1) is 0 Å². The quantitative estimate of drug-likeness (QED) is 0.682. The number of aryl methyl sites for hydroxylation is 1. The largest absolute Gasteiger partial charge is 0.294 e. The van der Waals surface area contributed by atoms with E-state index in [1.54, 1.807) is 0 Å². The highest BCUT2D eigenvalue weighted by atomic mass is 16.1. The summed E-state index contributed by atoms with van der Waals surface area (Å²) in [5, 5.41) is 0. The molecule has 1 fully saturated rings. The van der Waals surface area contributed by atoms with Gasteiger partial charge in [0, 0.05) is 11.5 Å². The highest BCUT2D eigenvalue weighted by molar-refractivity contribution is 5.97. The molecule has 0 aromatic heterocycles. The van der Waals surface area contributed by atoms with E-state index in [0.29, 0.717) is 5.78 Å². The average molecular weight is 230 g/mol. The fourth-order valence-electron chi connectivity index (χ4n) is 2.75. The summed E-state index contributed by atoms with van der Waals surface area (Å²) < 4.78 is 0. The Morgan fingerprint density at radius 3 is 2.35 bits per heavy atom. The summed E-state index contributed by atoms with van der Waals surface area (Å²) in [6.45, 7) is 2.05. The topological polar surface area (TPSA) is 17.1 Å². The molecule has 1 saturated carbocycles. The lowest BCUT2D eigenvalue weighted by atomic mass is 9.85. The third-order valence-corrected chi connectivity index (χ3v) is 3.78. The summed E-state index contributed by atoms with van der Waals surface area (Å²) in [6, 6.07) is 8.04. The number of benzene rings is 1. The van der Waals surface area contributed by atoms with Gasteiger partial charge in [0.1, 0.15) is 0 Å². The van der Waals surface area contributed by atoms with E-state index in [2.05, 4.69) is 13.0 Å². The van der Waals surface area contributed by atoms with Gasteiger partial charge in [-0.3, -0.25) is 4.79 Å². The molecule has 92 valence electrons. The van der Waals surface area contributed by atoms with Crippen molar-refractivity contribution in [3.8, 4) is 0 Å². The molecule has 1 nitrogen and oxygen atoms in total. The first kappa shape index (κ1) is 12.3. The predicted octanol–water partition coefficient (Wildman–Crippen LogP) is 4.54. The molecule has 0 spiro atoms. The molecule has 0 amide bonds. The molecule has 0 aliphatic heterocycles. The van der Waals surface area contributed by atoms with E-state index in [9.17, 15) is 4.79 Å². The van der Waals surface area contributed by atoms with Crippen LogP contribution in [0.25, 0.3) is 0 Å². The normalized spacial score (nSPS) is 18.4. The Balaban J connectivity index is 2.07. The SMILES string of the molecule is Cc1cccc(C(=O)C2CCCCCCC2)c1. The molecule has 1 aliphatic rings. The Hall–Kier alpha value is -1.11. The van der Waals surface area contributed by atoms with E-state index >= 15 is 0 Å². The van der Waals surface area contributed by atoms with Crippen molar-refractivity contribution in [2.24, 2.45) is 5.92 Å². The fourth-order valence-corrected chi connectivity index (χ4v) is 2.75. The van der Waals surface area contributed by atoms with E-state index in [4.69, 9.17) is 0 Å². The second-order valence-corrected chi connectivity index (χ2v) is 5.28. The van der Waals surface area contributed by atoms with E-state index in [1.807, 2.05) is 18.2 Å². The summed E-state index contributed by atoms with van der Waals surface area (Å²) in [5.74, 6) is 0.646. The smallest absolute Gasteiger partial charge is 0.165 e. The van der Waals surface area contributed by atoms with Gasteiger partial charge >= 0.3 is 0 Å². The summed E-state index contributed by atoms with van der Waals surface area (Å²) in [4.78, 5) is 12.4. The highest BCUT2D eigenvalue weighted by Gasteiger charge is 2.20. The zero-order valence-electron chi connectivity index (χ0n) is 10.7. The van der Waals surface area contributed by atoms with Crippen molar-refractivity contribution in [3.63, 3.8) is 0 Å². The molecule has 1 heteroatoms. The summed E-state index contributed by atoms with van der Waals surface area (Å²) in [7, 11) is 0. The monoisotopic (exact) mass is 230 g/mol. The van der Waals surface area contributed by atoms with Crippen LogP contribution in [0, 0.1) is 12.8 Å². The van der Waals surface area contributed by atoms with Crippen molar-refractivity contribution < 1.29 is 4.79 Å². The molecular weight excluding hydrogens is 208 g/mol. The molecule has 1 aromatic rings. The number of hydrogen-bond acceptors (Lipinski definition) is 1. The lowest BCUT2D eigenvalue weighted by Gasteiger charge is -2.18. The van der Waals surface area contributed by atoms with Gasteiger partial charge in [0.25, 0.3) is 0 Å². The number of carbonyl (C=O) groups is 1. The maximum atomic E-state index is 12.4. The third kappa shape index (κ3) is 3.42. The first-order chi connectivity index (χ1) is 8.27. The minimum Gasteiger partial charge on any atom is -0.294 e. The van der Waals surface area contributed by atoms with Gasteiger partial charge in [0.2, 0.25) is 0 Å². The van der Waals surface area contributed by atoms with Crippen molar-refractivity contribution in [2.75, 3.05) is 0 Å². The van der Waals surface area contributed by atoms with E-state index in [-0.39, 0.29) is 5.92 Å². The van der Waals surface area contributed by atoms with E-state index in [0.717, 1.165) is 18.4 Å². The zero-order valence-corrected chi connectivity index (χ0v) is 10.7. The Morgan fingerprint density at radius 1 is 1.06 bits per heavy atom. The van der Waals surface area contributed by atoms with Crippen LogP contribution in [0.1, 0.15) is 60.9 Å². The molecule has 2 rings (SSSR count). The molecule has 0 N–H and O–H groups in total. The highest BCUT2D eigenvalue weighted by Crippen LogP contribution is 2.25. The van der Waals surface area contributed by atoms with Gasteiger partial charge in [-0.05, 0) is 25.8 Å². The number of rotatable bonds is 2. The number of ketones is 1. The lowest BCUT2D eigenvalue weighted by molar-refractivity contribution is 0.0898. The van der Waals surface area contributed by atoms with Gasteiger partial charge in [0.15, 0.2) is 5.78 Å². The molecule has 0 atom stereocenters. The minimum atomic E-state index is 0.275. The van der Waals surface area contributed by atoms with Crippen LogP contribution in [-0.4, -0.2) is 5.78 Å². The van der Waals surface area contributed by atoms with E-state index in [1.165, 1.54) is 37.7 Å². The second kappa shape index (κ2) is 6.00. The van der Waals surface area contributed by atoms with Crippen LogP contribution in [0.2, 0.25) is 0 Å². The van der Waals surface area contributed by atoms with Crippen molar-refractivity contribution in [1.29, 1.82) is 0 Å². The molecule has 1 aliphatic carbocycles. The Morgan fingerprint density at radius 2 is 1.71 bits per heavy atom. The van der Waals surface area contributed by atoms with Crippen molar-refractivity contribution in [3.05, 3.63) is 35.4 Å². The number of Topliss-reactive ketones (excluding diaryl/α,β-unsaturated/α-hetero) is 1. The van der Waals surface area contributed by atoms with Crippen LogP contribution in [0.15, 0.2) is 24.3 Å². The predicted molar refractivity (Wildman–Crippen MR) is 71.3 cm³/mol. The van der Waals surface area contributed by atoms with Crippen molar-refractivity contribution in [1.82, 2.24) is 0 Å². The van der Waals surface area contributed by atoms with Gasteiger partial charge in [-0.2, -0.15) is 0 Å². The fraction of sp³-hybridized carbons (Fsp3) is 0.562. The van der Waals surface area contributed by atoms with Crippen molar-refractivity contribution in [2.45, 2.75) is 51.9 Å². The summed E-state index contributed by atoms with van der Waals surface area (Å²) in [6.07, 6.45) is 8.59. The van der Waals surface area contributed by atoms with Crippen LogP contribution < -0.4 is 0 Å². The molecule has 0 radical (unpaired) electrons. The van der Waals surface area contributed by atoms with Crippen molar-refractivity contribution >= 4 is 5.78 Å². The average Bonchev–Trinajstić information content (AvgIpc) is 2.28. The standard InChI is InChI=1S/C16H22O/c1-13-8-7-11-15(12-13)16(17)14-9-5-3-2-4-6-10-14/h7-8,11-12,14H,2-6,9-10H2,1H3. The molecule has 1 aromatic carbocycles. The number of hydrogen-bond donors (Lipinski definition) is 0. The van der Waals surface area contributed by atoms with Gasteiger partial charge in [-0.1, -0.05) is 55.9 Å². The van der Waals surface area contributed by atoms with Crippen LogP contribution in [0.3, 0.4) is 0 Å². The third-order valence-electron chi connectivity index (χ3n) is 3.78. The van der Waals surface area contributed by atoms with Gasteiger partial charge in [-0.25, -0.2) is 0 Å². The molecule has 0 unspecified atom stereocenters. The zero-order chi connectivity index (χ0) is 12.1. The molecule has 0 saturated heterocycles. The van der Waals surface area contributed by atoms with Gasteiger partial charge < -0.3 is 0 Å². The maximum absolute atomic E-state index is 12.4. The molecular formula is C16H22O. The van der Waals surface area contributed by atoms with Gasteiger partial charge in [-0.15, -0.1) is 0 Å². The Bertz CT molecular complexity index is 373. The van der Waals surface area contributed by atoms with Crippen LogP contribution in [0.4, 0.5) is 0 Å². The number of carbonyl (C=O) groups excluding carboxylic acids is 1. The molecule has 0 heterocycles. The van der Waals surface area contributed by atoms with E-state index < -0.39 is 0 Å². The minimum absolute atomic E-state index is 0.275. The Kier molecular flexibility index (Phi) is 4.36. The lowest BCUT2D eigenvalue weighted by Crippen LogP contribution is -2.16. The first-order valence-corrected chi connectivity index (χ1v) is 6.88.